The maximum atomic E-state index is 4.36. The van der Waals surface area contributed by atoms with E-state index in [-0.39, 0.29) is 0 Å². The molecule has 2 aliphatic rings. The van der Waals surface area contributed by atoms with Gasteiger partial charge in [0.2, 0.25) is 0 Å². The first-order valence-electron chi connectivity index (χ1n) is 8.51. The maximum Gasteiger partial charge on any atom is 0.0725 e. The molecule has 1 heteroatoms. The Hall–Kier alpha value is -2.64. The number of fused-ring (bicyclic) bond motifs is 5. The smallest absolute Gasteiger partial charge is 0.0725 e. The van der Waals surface area contributed by atoms with Gasteiger partial charge in [0.25, 0.3) is 0 Å². The molecule has 0 unspecified atom stereocenters. The van der Waals surface area contributed by atoms with E-state index < -0.39 is 5.41 Å². The lowest BCUT2D eigenvalue weighted by Crippen LogP contribution is -2.26. The van der Waals surface area contributed by atoms with Crippen molar-refractivity contribution in [3.8, 4) is 11.1 Å². The molecule has 0 atom stereocenters. The van der Waals surface area contributed by atoms with Crippen molar-refractivity contribution in [2.75, 3.05) is 0 Å². The Bertz CT molecular complexity index is 1010. The van der Waals surface area contributed by atoms with Crippen molar-refractivity contribution in [3.63, 3.8) is 0 Å². The Kier molecular flexibility index (Phi) is 3.86. The van der Waals surface area contributed by atoms with Crippen molar-refractivity contribution in [2.24, 2.45) is 0 Å². The van der Waals surface area contributed by atoms with Gasteiger partial charge in [0, 0.05) is 4.48 Å². The van der Waals surface area contributed by atoms with Gasteiger partial charge >= 0.3 is 0 Å². The van der Waals surface area contributed by atoms with E-state index in [0.29, 0.717) is 0 Å². The van der Waals surface area contributed by atoms with Crippen LogP contribution in [0.15, 0.2) is 120 Å². The van der Waals surface area contributed by atoms with Gasteiger partial charge in [-0.25, -0.2) is 0 Å². The van der Waals surface area contributed by atoms with E-state index in [1.54, 1.807) is 0 Å². The van der Waals surface area contributed by atoms with Crippen molar-refractivity contribution in [2.45, 2.75) is 5.41 Å². The summed E-state index contributed by atoms with van der Waals surface area (Å²) in [6.07, 6.45) is 5.99. The summed E-state index contributed by atoms with van der Waals surface area (Å²) in [5.41, 5.74) is 8.76. The molecule has 126 valence electrons. The second kappa shape index (κ2) is 5.96. The van der Waals surface area contributed by atoms with Gasteiger partial charge < -0.3 is 0 Å². The van der Waals surface area contributed by atoms with E-state index in [4.69, 9.17) is 0 Å². The summed E-state index contributed by atoms with van der Waals surface area (Å²) in [4.78, 5) is 0. The van der Waals surface area contributed by atoms with Gasteiger partial charge in [-0.2, -0.15) is 0 Å². The summed E-state index contributed by atoms with van der Waals surface area (Å²) in [5.74, 6) is 0. The zero-order chi connectivity index (χ0) is 18.5. The molecule has 2 aromatic rings. The number of rotatable bonds is 2. The largest absolute Gasteiger partial charge is 0.0991 e. The van der Waals surface area contributed by atoms with Crippen LogP contribution in [-0.2, 0) is 5.41 Å². The Balaban J connectivity index is 2.24. The highest BCUT2D eigenvalue weighted by molar-refractivity contribution is 9.11. The molecule has 2 aliphatic carbocycles. The normalized spacial score (nSPS) is 19.9. The summed E-state index contributed by atoms with van der Waals surface area (Å²) in [7, 11) is 0. The van der Waals surface area contributed by atoms with Crippen LogP contribution in [0.25, 0.3) is 11.1 Å². The van der Waals surface area contributed by atoms with Gasteiger partial charge in [0.05, 0.1) is 5.41 Å². The molecule has 0 nitrogen and oxygen atoms in total. The average Bonchev–Trinajstić information content (AvgIpc) is 3.04. The van der Waals surface area contributed by atoms with Crippen molar-refractivity contribution < 1.29 is 0 Å². The van der Waals surface area contributed by atoms with Crippen LogP contribution < -0.4 is 0 Å². The fourth-order valence-electron chi connectivity index (χ4n) is 4.43. The van der Waals surface area contributed by atoms with E-state index in [9.17, 15) is 0 Å². The molecule has 1 saturated carbocycles. The predicted molar refractivity (Wildman–Crippen MR) is 115 cm³/mol. The molecule has 1 spiro atoms. The summed E-state index contributed by atoms with van der Waals surface area (Å²) in [6, 6.07) is 17.2. The zero-order valence-electron chi connectivity index (χ0n) is 14.6. The molecule has 0 aliphatic heterocycles. The first-order chi connectivity index (χ1) is 12.5. The second-order valence-electron chi connectivity index (χ2n) is 6.62. The Morgan fingerprint density at radius 1 is 0.846 bits per heavy atom. The van der Waals surface area contributed by atoms with Crippen LogP contribution in [0.5, 0.6) is 0 Å². The third kappa shape index (κ3) is 2.01. The number of allylic oxidation sites excluding steroid dienone is 8. The fourth-order valence-corrected chi connectivity index (χ4v) is 4.66. The van der Waals surface area contributed by atoms with Gasteiger partial charge in [-0.05, 0) is 50.6 Å². The summed E-state index contributed by atoms with van der Waals surface area (Å²) < 4.78 is 0.822. The summed E-state index contributed by atoms with van der Waals surface area (Å²) >= 11 is 3.52. The minimum Gasteiger partial charge on any atom is -0.0991 e. The molecule has 0 radical (unpaired) electrons. The summed E-state index contributed by atoms with van der Waals surface area (Å²) in [5, 5.41) is 0. The molecule has 0 saturated heterocycles. The van der Waals surface area contributed by atoms with E-state index in [1.807, 2.05) is 6.08 Å². The number of hydrogen-bond donors (Lipinski definition) is 0. The Morgan fingerprint density at radius 3 is 1.85 bits per heavy atom. The van der Waals surface area contributed by atoms with E-state index >= 15 is 0 Å². The van der Waals surface area contributed by atoms with E-state index in [1.165, 1.54) is 22.3 Å². The zero-order valence-corrected chi connectivity index (χ0v) is 16.1. The highest BCUT2D eigenvalue weighted by atomic mass is 79.9. The van der Waals surface area contributed by atoms with E-state index in [2.05, 4.69) is 103 Å². The van der Waals surface area contributed by atoms with Gasteiger partial charge in [0.1, 0.15) is 0 Å². The molecule has 0 aromatic heterocycles. The number of halogens is 1. The lowest BCUT2D eigenvalue weighted by molar-refractivity contribution is 0.789. The highest BCUT2D eigenvalue weighted by Crippen LogP contribution is 2.64. The van der Waals surface area contributed by atoms with Crippen LogP contribution in [0.3, 0.4) is 0 Å². The predicted octanol–water partition coefficient (Wildman–Crippen LogP) is 7.03. The van der Waals surface area contributed by atoms with Crippen LogP contribution in [-0.4, -0.2) is 0 Å². The van der Waals surface area contributed by atoms with Crippen molar-refractivity contribution in [3.05, 3.63) is 131 Å². The molecule has 0 N–H and O–H groups in total. The van der Waals surface area contributed by atoms with Crippen molar-refractivity contribution in [1.82, 2.24) is 0 Å². The molecule has 4 rings (SSSR count). The monoisotopic (exact) mass is 398 g/mol. The quantitative estimate of drug-likeness (QED) is 0.509. The van der Waals surface area contributed by atoms with Crippen molar-refractivity contribution in [1.29, 1.82) is 0 Å². The minimum atomic E-state index is -0.424. The minimum absolute atomic E-state index is 0.424. The molecule has 2 aromatic carbocycles. The van der Waals surface area contributed by atoms with Crippen LogP contribution in [0.2, 0.25) is 0 Å². The van der Waals surface area contributed by atoms with Crippen LogP contribution in [0, 0.1) is 0 Å². The van der Waals surface area contributed by atoms with Gasteiger partial charge in [0.15, 0.2) is 0 Å². The molecule has 0 heterocycles. The van der Waals surface area contributed by atoms with Crippen molar-refractivity contribution >= 4 is 15.9 Å². The maximum absolute atomic E-state index is 4.36. The molecule has 26 heavy (non-hydrogen) atoms. The first-order valence-corrected chi connectivity index (χ1v) is 9.30. The van der Waals surface area contributed by atoms with Gasteiger partial charge in [-0.3, -0.25) is 0 Å². The average molecular weight is 399 g/mol. The molecule has 1 fully saturated rings. The van der Waals surface area contributed by atoms with Crippen LogP contribution in [0.4, 0.5) is 0 Å². The highest BCUT2D eigenvalue weighted by Gasteiger charge is 2.53. The molecular formula is C25H19Br. The van der Waals surface area contributed by atoms with Gasteiger partial charge in [-0.1, -0.05) is 103 Å². The first kappa shape index (κ1) is 16.8. The summed E-state index contributed by atoms with van der Waals surface area (Å²) in [6.45, 7) is 16.7. The molecular weight excluding hydrogens is 380 g/mol. The second-order valence-corrected chi connectivity index (χ2v) is 7.64. The molecule has 0 bridgehead atoms. The standard InChI is InChI=1S/C25H19Br/c1-5-10-21-17(3)18(4)24(15-16(2)26)25(21)22-13-8-6-11-19(22)20-12-7-9-14-23(20)25/h5-15H,1-4H2/b21-10+,24-15+. The Labute approximate surface area is 163 Å². The van der Waals surface area contributed by atoms with E-state index in [0.717, 1.165) is 26.8 Å². The third-order valence-electron chi connectivity index (χ3n) is 5.36. The lowest BCUT2D eigenvalue weighted by atomic mass is 9.70. The third-order valence-corrected chi connectivity index (χ3v) is 5.59. The van der Waals surface area contributed by atoms with Crippen LogP contribution >= 0.6 is 15.9 Å². The number of benzene rings is 2. The fraction of sp³-hybridized carbons (Fsp3) is 0.0400. The topological polar surface area (TPSA) is 0 Å². The van der Waals surface area contributed by atoms with Crippen LogP contribution in [0.1, 0.15) is 11.1 Å². The van der Waals surface area contributed by atoms with Gasteiger partial charge in [-0.15, -0.1) is 0 Å². The number of hydrogen-bond acceptors (Lipinski definition) is 0. The Morgan fingerprint density at radius 2 is 1.35 bits per heavy atom. The molecule has 0 amide bonds. The lowest BCUT2D eigenvalue weighted by Gasteiger charge is -2.31. The SMILES string of the molecule is C=C/C=C1\C(=C)C(=C)/C(=C\C(=C)Br)C12c1ccccc1-c1ccccc12.